The van der Waals surface area contributed by atoms with Crippen LogP contribution in [-0.2, 0) is 0 Å². The number of benzene rings is 2. The Balaban J connectivity index is 1.66. The first-order valence-corrected chi connectivity index (χ1v) is 7.52. The first-order chi connectivity index (χ1) is 11.0. The van der Waals surface area contributed by atoms with Crippen molar-refractivity contribution in [1.82, 2.24) is 5.32 Å². The molecular formula is C18H17FN2O2. The van der Waals surface area contributed by atoms with Gasteiger partial charge in [-0.25, -0.2) is 9.18 Å². The van der Waals surface area contributed by atoms with Crippen molar-refractivity contribution in [3.05, 3.63) is 65.0 Å². The molecule has 23 heavy (non-hydrogen) atoms. The van der Waals surface area contributed by atoms with Gasteiger partial charge in [0.2, 0.25) is 0 Å². The number of aryl methyl sites for hydroxylation is 1. The number of nitrogens with one attached hydrogen (secondary N) is 2. The normalized spacial score (nSPS) is 13.5. The van der Waals surface area contributed by atoms with Crippen LogP contribution in [0.15, 0.2) is 42.5 Å². The third kappa shape index (κ3) is 3.56. The zero-order valence-corrected chi connectivity index (χ0v) is 12.7. The molecule has 1 aliphatic rings. The molecule has 5 heteroatoms. The molecule has 0 aliphatic heterocycles. The highest BCUT2D eigenvalue weighted by Crippen LogP contribution is 2.40. The predicted octanol–water partition coefficient (Wildman–Crippen LogP) is 3.97. The van der Waals surface area contributed by atoms with E-state index in [4.69, 9.17) is 0 Å². The molecular weight excluding hydrogens is 295 g/mol. The minimum atomic E-state index is -0.754. The van der Waals surface area contributed by atoms with Crippen LogP contribution in [0.1, 0.15) is 40.2 Å². The lowest BCUT2D eigenvalue weighted by Crippen LogP contribution is -2.35. The van der Waals surface area contributed by atoms with Crippen LogP contribution < -0.4 is 10.6 Å². The van der Waals surface area contributed by atoms with Crippen LogP contribution in [0.3, 0.4) is 0 Å². The van der Waals surface area contributed by atoms with Gasteiger partial charge < -0.3 is 5.32 Å². The number of hydrogen-bond donors (Lipinski definition) is 2. The van der Waals surface area contributed by atoms with Gasteiger partial charge in [0.25, 0.3) is 5.91 Å². The standard InChI is InChI=1S/C18H17FN2O2/c1-11-4-2-3-5-16(11)20-18(23)21-17(22)14-9-8-13(10-15(14)19)12-6-7-12/h2-5,8-10,12H,6-7H2,1H3,(H2,20,21,22,23). The van der Waals surface area contributed by atoms with E-state index in [0.717, 1.165) is 24.0 Å². The van der Waals surface area contributed by atoms with Gasteiger partial charge in [-0.15, -0.1) is 0 Å². The Morgan fingerprint density at radius 1 is 1.13 bits per heavy atom. The van der Waals surface area contributed by atoms with Crippen LogP contribution in [0.2, 0.25) is 0 Å². The van der Waals surface area contributed by atoms with E-state index in [-0.39, 0.29) is 5.56 Å². The van der Waals surface area contributed by atoms with Crippen LogP contribution in [0.5, 0.6) is 0 Å². The van der Waals surface area contributed by atoms with Crippen molar-refractivity contribution < 1.29 is 14.0 Å². The van der Waals surface area contributed by atoms with Gasteiger partial charge in [-0.2, -0.15) is 0 Å². The summed E-state index contributed by atoms with van der Waals surface area (Å²) in [7, 11) is 0. The molecule has 2 aromatic rings. The number of hydrogen-bond acceptors (Lipinski definition) is 2. The van der Waals surface area contributed by atoms with Gasteiger partial charge in [0.1, 0.15) is 5.82 Å². The molecule has 1 aliphatic carbocycles. The Labute approximate surface area is 133 Å². The summed E-state index contributed by atoms with van der Waals surface area (Å²) in [6.45, 7) is 1.84. The lowest BCUT2D eigenvalue weighted by molar-refractivity contribution is 0.0963. The first-order valence-electron chi connectivity index (χ1n) is 7.52. The first kappa shape index (κ1) is 15.2. The molecule has 2 aromatic carbocycles. The summed E-state index contributed by atoms with van der Waals surface area (Å²) >= 11 is 0. The highest BCUT2D eigenvalue weighted by atomic mass is 19.1. The number of halogens is 1. The molecule has 3 rings (SSSR count). The van der Waals surface area contributed by atoms with E-state index in [9.17, 15) is 14.0 Å². The van der Waals surface area contributed by atoms with Crippen molar-refractivity contribution in [1.29, 1.82) is 0 Å². The number of carbonyl (C=O) groups excluding carboxylic acids is 2. The molecule has 1 saturated carbocycles. The van der Waals surface area contributed by atoms with Gasteiger partial charge in [-0.1, -0.05) is 24.3 Å². The van der Waals surface area contributed by atoms with E-state index in [2.05, 4.69) is 10.6 Å². The molecule has 4 nitrogen and oxygen atoms in total. The van der Waals surface area contributed by atoms with Crippen molar-refractivity contribution in [2.24, 2.45) is 0 Å². The second kappa shape index (κ2) is 6.20. The van der Waals surface area contributed by atoms with Gasteiger partial charge in [-0.3, -0.25) is 10.1 Å². The van der Waals surface area contributed by atoms with E-state index in [0.29, 0.717) is 11.6 Å². The summed E-state index contributed by atoms with van der Waals surface area (Å²) in [5.41, 5.74) is 2.25. The predicted molar refractivity (Wildman–Crippen MR) is 86.0 cm³/mol. The smallest absolute Gasteiger partial charge is 0.307 e. The molecule has 1 fully saturated rings. The highest BCUT2D eigenvalue weighted by Gasteiger charge is 2.25. The second-order valence-electron chi connectivity index (χ2n) is 5.74. The minimum Gasteiger partial charge on any atom is -0.307 e. The SMILES string of the molecule is Cc1ccccc1NC(=O)NC(=O)c1ccc(C2CC2)cc1F. The summed E-state index contributed by atoms with van der Waals surface area (Å²) in [5, 5.41) is 4.72. The minimum absolute atomic E-state index is 0.130. The molecule has 0 saturated heterocycles. The maximum absolute atomic E-state index is 14.0. The van der Waals surface area contributed by atoms with Crippen LogP contribution in [-0.4, -0.2) is 11.9 Å². The van der Waals surface area contributed by atoms with Gasteiger partial charge in [0.05, 0.1) is 5.56 Å². The molecule has 0 spiro atoms. The van der Waals surface area contributed by atoms with Crippen LogP contribution in [0.4, 0.5) is 14.9 Å². The summed E-state index contributed by atoms with van der Waals surface area (Å²) in [6, 6.07) is 11.1. The Hall–Kier alpha value is -2.69. The maximum Gasteiger partial charge on any atom is 0.326 e. The Kier molecular flexibility index (Phi) is 4.10. The molecule has 0 aromatic heterocycles. The molecule has 118 valence electrons. The van der Waals surface area contributed by atoms with E-state index in [1.807, 2.05) is 19.1 Å². The zero-order valence-electron chi connectivity index (χ0n) is 12.7. The van der Waals surface area contributed by atoms with Gasteiger partial charge >= 0.3 is 6.03 Å². The molecule has 0 bridgehead atoms. The van der Waals surface area contributed by atoms with Crippen molar-refractivity contribution in [3.63, 3.8) is 0 Å². The number of para-hydroxylation sites is 1. The fourth-order valence-corrected chi connectivity index (χ4v) is 2.42. The highest BCUT2D eigenvalue weighted by molar-refractivity contribution is 6.08. The van der Waals surface area contributed by atoms with E-state index in [1.165, 1.54) is 12.1 Å². The maximum atomic E-state index is 14.0. The summed E-state index contributed by atoms with van der Waals surface area (Å²) in [6.07, 6.45) is 2.12. The van der Waals surface area contributed by atoms with Crippen LogP contribution in [0, 0.1) is 12.7 Å². The second-order valence-corrected chi connectivity index (χ2v) is 5.74. The van der Waals surface area contributed by atoms with Crippen molar-refractivity contribution >= 4 is 17.6 Å². The van der Waals surface area contributed by atoms with E-state index < -0.39 is 17.8 Å². The van der Waals surface area contributed by atoms with Crippen LogP contribution in [0.25, 0.3) is 0 Å². The number of imide groups is 1. The number of carbonyl (C=O) groups is 2. The summed E-state index contributed by atoms with van der Waals surface area (Å²) < 4.78 is 14.0. The number of amides is 3. The Morgan fingerprint density at radius 3 is 2.52 bits per heavy atom. The fourth-order valence-electron chi connectivity index (χ4n) is 2.42. The van der Waals surface area contributed by atoms with Crippen molar-refractivity contribution in [2.75, 3.05) is 5.32 Å². The van der Waals surface area contributed by atoms with Crippen LogP contribution >= 0.6 is 0 Å². The van der Waals surface area contributed by atoms with Gasteiger partial charge in [0.15, 0.2) is 0 Å². The lowest BCUT2D eigenvalue weighted by Gasteiger charge is -2.10. The summed E-state index contributed by atoms with van der Waals surface area (Å²) in [4.78, 5) is 23.9. The van der Waals surface area contributed by atoms with Crippen molar-refractivity contribution in [2.45, 2.75) is 25.7 Å². The van der Waals surface area contributed by atoms with Gasteiger partial charge in [0, 0.05) is 5.69 Å². The fraction of sp³-hybridized carbons (Fsp3) is 0.222. The largest absolute Gasteiger partial charge is 0.326 e. The number of anilines is 1. The Morgan fingerprint density at radius 2 is 1.87 bits per heavy atom. The number of urea groups is 1. The van der Waals surface area contributed by atoms with E-state index in [1.54, 1.807) is 18.2 Å². The van der Waals surface area contributed by atoms with Gasteiger partial charge in [-0.05, 0) is 55.0 Å². The zero-order chi connectivity index (χ0) is 16.4. The Bertz CT molecular complexity index is 769. The molecule has 0 atom stereocenters. The molecule has 0 heterocycles. The molecule has 2 N–H and O–H groups in total. The van der Waals surface area contributed by atoms with Crippen molar-refractivity contribution in [3.8, 4) is 0 Å². The third-order valence-electron chi connectivity index (χ3n) is 3.91. The van der Waals surface area contributed by atoms with E-state index >= 15 is 0 Å². The average Bonchev–Trinajstić information content (AvgIpc) is 3.34. The molecule has 3 amide bonds. The number of rotatable bonds is 3. The third-order valence-corrected chi connectivity index (χ3v) is 3.91. The monoisotopic (exact) mass is 312 g/mol. The molecule has 0 unspecified atom stereocenters. The lowest BCUT2D eigenvalue weighted by atomic mass is 10.1. The molecule has 0 radical (unpaired) electrons. The average molecular weight is 312 g/mol. The quantitative estimate of drug-likeness (QED) is 0.901. The summed E-state index contributed by atoms with van der Waals surface area (Å²) in [5.74, 6) is -0.947. The topological polar surface area (TPSA) is 58.2 Å².